The Labute approximate surface area is 134 Å². The Hall–Kier alpha value is -2.94. The van der Waals surface area contributed by atoms with E-state index in [-0.39, 0.29) is 11.5 Å². The van der Waals surface area contributed by atoms with Crippen LogP contribution in [0.4, 0.5) is 0 Å². The van der Waals surface area contributed by atoms with Crippen molar-refractivity contribution < 1.29 is 14.9 Å². The van der Waals surface area contributed by atoms with Crippen LogP contribution in [0, 0.1) is 0 Å². The molecule has 4 rings (SSSR count). The van der Waals surface area contributed by atoms with Gasteiger partial charge >= 0.3 is 0 Å². The van der Waals surface area contributed by atoms with Crippen LogP contribution in [0.3, 0.4) is 0 Å². The molecule has 0 saturated heterocycles. The van der Waals surface area contributed by atoms with Crippen LogP contribution < -0.4 is 4.74 Å². The molecule has 3 aromatic rings. The lowest BCUT2D eigenvalue weighted by atomic mass is 9.91. The van der Waals surface area contributed by atoms with Crippen molar-refractivity contribution in [3.8, 4) is 23.0 Å². The van der Waals surface area contributed by atoms with Crippen LogP contribution in [0.25, 0.3) is 10.8 Å². The average Bonchev–Trinajstić information content (AvgIpc) is 2.60. The topological polar surface area (TPSA) is 49.7 Å². The fourth-order valence-corrected chi connectivity index (χ4v) is 3.07. The largest absolute Gasteiger partial charge is 0.507 e. The molecule has 3 heteroatoms. The lowest BCUT2D eigenvalue weighted by Crippen LogP contribution is -1.99. The van der Waals surface area contributed by atoms with E-state index in [1.807, 2.05) is 42.5 Å². The van der Waals surface area contributed by atoms with Crippen LogP contribution in [-0.2, 0) is 12.8 Å². The number of hydrogen-bond donors (Lipinski definition) is 2. The summed E-state index contributed by atoms with van der Waals surface area (Å²) in [5.74, 6) is 1.85. The quantitative estimate of drug-likeness (QED) is 0.533. The van der Waals surface area contributed by atoms with Gasteiger partial charge in [-0.15, -0.1) is 0 Å². The van der Waals surface area contributed by atoms with E-state index >= 15 is 0 Å². The summed E-state index contributed by atoms with van der Waals surface area (Å²) in [6.45, 7) is 0. The Morgan fingerprint density at radius 3 is 2.04 bits per heavy atom. The van der Waals surface area contributed by atoms with Gasteiger partial charge in [-0.1, -0.05) is 30.4 Å². The highest BCUT2D eigenvalue weighted by molar-refractivity contribution is 5.96. The highest BCUT2D eigenvalue weighted by Gasteiger charge is 2.19. The first-order valence-corrected chi connectivity index (χ1v) is 7.61. The molecule has 114 valence electrons. The van der Waals surface area contributed by atoms with Crippen LogP contribution in [0.5, 0.6) is 23.0 Å². The Kier molecular flexibility index (Phi) is 3.19. The molecule has 1 aliphatic carbocycles. The molecule has 0 unspecified atom stereocenters. The minimum atomic E-state index is 0.232. The first-order chi connectivity index (χ1) is 11.2. The van der Waals surface area contributed by atoms with Gasteiger partial charge in [-0.05, 0) is 43.2 Å². The van der Waals surface area contributed by atoms with Gasteiger partial charge in [-0.3, -0.25) is 0 Å². The summed E-state index contributed by atoms with van der Waals surface area (Å²) >= 11 is 0. The molecule has 0 spiro atoms. The summed E-state index contributed by atoms with van der Waals surface area (Å²) in [7, 11) is 0. The van der Waals surface area contributed by atoms with Crippen LogP contribution in [0.1, 0.15) is 11.1 Å². The summed E-state index contributed by atoms with van der Waals surface area (Å²) in [4.78, 5) is 0. The number of hydrogen-bond acceptors (Lipinski definition) is 3. The minimum absolute atomic E-state index is 0.232. The molecule has 3 aromatic carbocycles. The van der Waals surface area contributed by atoms with E-state index in [1.165, 1.54) is 0 Å². The molecule has 0 amide bonds. The maximum Gasteiger partial charge on any atom is 0.128 e. The molecule has 23 heavy (non-hydrogen) atoms. The molecule has 0 fully saturated rings. The van der Waals surface area contributed by atoms with Gasteiger partial charge in [-0.2, -0.15) is 0 Å². The third-order valence-corrected chi connectivity index (χ3v) is 4.23. The number of fused-ring (bicyclic) bond motifs is 2. The molecule has 3 nitrogen and oxygen atoms in total. The van der Waals surface area contributed by atoms with Crippen LogP contribution in [0.2, 0.25) is 0 Å². The van der Waals surface area contributed by atoms with Gasteiger partial charge in [0.1, 0.15) is 23.0 Å². The van der Waals surface area contributed by atoms with Gasteiger partial charge in [0.05, 0.1) is 0 Å². The minimum Gasteiger partial charge on any atom is -0.507 e. The molecule has 0 heterocycles. The van der Waals surface area contributed by atoms with E-state index in [1.54, 1.807) is 18.2 Å². The summed E-state index contributed by atoms with van der Waals surface area (Å²) in [5.41, 5.74) is 1.61. The molecule has 1 aliphatic rings. The number of rotatable bonds is 2. The molecule has 0 atom stereocenters. The van der Waals surface area contributed by atoms with Crippen LogP contribution >= 0.6 is 0 Å². The smallest absolute Gasteiger partial charge is 0.128 e. The van der Waals surface area contributed by atoms with Gasteiger partial charge < -0.3 is 14.9 Å². The summed E-state index contributed by atoms with van der Waals surface area (Å²) < 4.78 is 5.82. The molecule has 0 saturated carbocycles. The predicted octanol–water partition coefficient (Wildman–Crippen LogP) is 4.70. The second kappa shape index (κ2) is 5.36. The second-order valence-corrected chi connectivity index (χ2v) is 5.66. The van der Waals surface area contributed by atoms with Gasteiger partial charge in [-0.25, -0.2) is 0 Å². The number of phenols is 2. The normalized spacial score (nSPS) is 13.0. The first kappa shape index (κ1) is 13.7. The Bertz CT molecular complexity index is 911. The van der Waals surface area contributed by atoms with Crippen molar-refractivity contribution in [3.63, 3.8) is 0 Å². The Balaban J connectivity index is 1.84. The highest BCUT2D eigenvalue weighted by atomic mass is 16.5. The molecular formula is C20H16O3. The van der Waals surface area contributed by atoms with Crippen LogP contribution in [0.15, 0.2) is 60.7 Å². The fraction of sp³-hybridized carbons (Fsp3) is 0.100. The van der Waals surface area contributed by atoms with Crippen molar-refractivity contribution >= 4 is 10.8 Å². The van der Waals surface area contributed by atoms with E-state index in [0.29, 0.717) is 29.4 Å². The second-order valence-electron chi connectivity index (χ2n) is 5.66. The Morgan fingerprint density at radius 1 is 0.696 bits per heavy atom. The number of phenolic OH excluding ortho intramolecular Hbond substituents is 2. The zero-order valence-corrected chi connectivity index (χ0v) is 12.5. The van der Waals surface area contributed by atoms with Crippen molar-refractivity contribution in [2.24, 2.45) is 0 Å². The predicted molar refractivity (Wildman–Crippen MR) is 90.3 cm³/mol. The molecule has 2 N–H and O–H groups in total. The zero-order chi connectivity index (χ0) is 15.8. The van der Waals surface area contributed by atoms with Crippen molar-refractivity contribution in [1.82, 2.24) is 0 Å². The van der Waals surface area contributed by atoms with Crippen LogP contribution in [-0.4, -0.2) is 10.2 Å². The maximum atomic E-state index is 10.6. The maximum absolute atomic E-state index is 10.6. The monoisotopic (exact) mass is 304 g/mol. The number of allylic oxidation sites excluding steroid dienone is 2. The number of aromatic hydroxyl groups is 2. The number of ether oxygens (including phenoxy) is 1. The van der Waals surface area contributed by atoms with E-state index in [4.69, 9.17) is 4.74 Å². The fourth-order valence-electron chi connectivity index (χ4n) is 3.07. The molecule has 0 radical (unpaired) electrons. The zero-order valence-electron chi connectivity index (χ0n) is 12.5. The van der Waals surface area contributed by atoms with Gasteiger partial charge in [0.25, 0.3) is 0 Å². The standard InChI is InChI=1S/C20H16O3/c21-19-15-8-4-5-9-16(15)20(22)18-12-14(10-11-17(18)19)23-13-6-2-1-3-7-13/h1-7,10-12,21-22H,8-9H2. The first-order valence-electron chi connectivity index (χ1n) is 7.61. The van der Waals surface area contributed by atoms with E-state index in [9.17, 15) is 10.2 Å². The highest BCUT2D eigenvalue weighted by Crippen LogP contribution is 2.43. The van der Waals surface area contributed by atoms with Crippen molar-refractivity contribution in [2.75, 3.05) is 0 Å². The summed E-state index contributed by atoms with van der Waals surface area (Å²) in [6, 6.07) is 14.9. The van der Waals surface area contributed by atoms with E-state index in [0.717, 1.165) is 16.9 Å². The van der Waals surface area contributed by atoms with Gasteiger partial charge in [0.15, 0.2) is 0 Å². The Morgan fingerprint density at radius 2 is 1.35 bits per heavy atom. The summed E-state index contributed by atoms with van der Waals surface area (Å²) in [5, 5.41) is 22.4. The third-order valence-electron chi connectivity index (χ3n) is 4.23. The SMILES string of the molecule is Oc1c2c(c(O)c3cc(Oc4ccccc4)ccc13)CC=CC2. The molecule has 0 bridgehead atoms. The van der Waals surface area contributed by atoms with Crippen molar-refractivity contribution in [1.29, 1.82) is 0 Å². The number of benzene rings is 3. The number of para-hydroxylation sites is 1. The molecule has 0 aliphatic heterocycles. The van der Waals surface area contributed by atoms with Gasteiger partial charge in [0.2, 0.25) is 0 Å². The lowest BCUT2D eigenvalue weighted by Gasteiger charge is -2.18. The van der Waals surface area contributed by atoms with Crippen molar-refractivity contribution in [2.45, 2.75) is 12.8 Å². The van der Waals surface area contributed by atoms with Crippen molar-refractivity contribution in [3.05, 3.63) is 71.8 Å². The molecule has 0 aromatic heterocycles. The van der Waals surface area contributed by atoms with E-state index in [2.05, 4.69) is 0 Å². The lowest BCUT2D eigenvalue weighted by molar-refractivity contribution is 0.458. The molecular weight excluding hydrogens is 288 g/mol. The van der Waals surface area contributed by atoms with E-state index < -0.39 is 0 Å². The van der Waals surface area contributed by atoms with Gasteiger partial charge in [0, 0.05) is 21.9 Å². The summed E-state index contributed by atoms with van der Waals surface area (Å²) in [6.07, 6.45) is 5.30. The third kappa shape index (κ3) is 2.30. The average molecular weight is 304 g/mol.